The normalized spacial score (nSPS) is 22.0. The minimum atomic E-state index is -1.03. The molecule has 4 nitrogen and oxygen atoms in total. The van der Waals surface area contributed by atoms with E-state index in [1.165, 1.54) is 18.6 Å². The highest BCUT2D eigenvalue weighted by atomic mass is 19.2. The average molecular weight is 377 g/mol. The molecule has 1 atom stereocenters. The van der Waals surface area contributed by atoms with Crippen molar-refractivity contribution in [3.05, 3.63) is 46.7 Å². The van der Waals surface area contributed by atoms with Crippen molar-refractivity contribution in [2.75, 3.05) is 0 Å². The van der Waals surface area contributed by atoms with Gasteiger partial charge < -0.3 is 10.1 Å². The maximum absolute atomic E-state index is 14.4. The Labute approximate surface area is 158 Å². The molecule has 6 heteroatoms. The lowest BCUT2D eigenvalue weighted by atomic mass is 9.84. The number of halogens is 2. The smallest absolute Gasteiger partial charge is 0.336 e. The van der Waals surface area contributed by atoms with Gasteiger partial charge in [0, 0.05) is 18.0 Å². The molecule has 1 heterocycles. The molecule has 2 aliphatic rings. The first-order valence-electron chi connectivity index (χ1n) is 9.63. The summed E-state index contributed by atoms with van der Waals surface area (Å²) >= 11 is 0. The first-order valence-corrected chi connectivity index (χ1v) is 9.63. The minimum absolute atomic E-state index is 0.00816. The van der Waals surface area contributed by atoms with E-state index in [0.29, 0.717) is 5.70 Å². The van der Waals surface area contributed by atoms with Gasteiger partial charge in [-0.25, -0.2) is 13.6 Å². The Morgan fingerprint density at radius 2 is 1.78 bits per heavy atom. The topological polar surface area (TPSA) is 55.4 Å². The second-order valence-corrected chi connectivity index (χ2v) is 7.36. The predicted octanol–water partition coefficient (Wildman–Crippen LogP) is 4.50. The minimum Gasteiger partial charge on any atom is -0.459 e. The van der Waals surface area contributed by atoms with Crippen LogP contribution >= 0.6 is 0 Å². The van der Waals surface area contributed by atoms with Crippen LogP contribution in [0.1, 0.15) is 69.8 Å². The van der Waals surface area contributed by atoms with Crippen molar-refractivity contribution in [2.24, 2.45) is 0 Å². The first-order chi connectivity index (χ1) is 13.0. The number of carbonyl (C=O) groups excluding carboxylic acids is 2. The molecular formula is C21H25F2NO3. The van der Waals surface area contributed by atoms with Crippen LogP contribution in [-0.2, 0) is 14.3 Å². The van der Waals surface area contributed by atoms with Gasteiger partial charge in [-0.15, -0.1) is 0 Å². The maximum Gasteiger partial charge on any atom is 0.336 e. The van der Waals surface area contributed by atoms with E-state index >= 15 is 0 Å². The highest BCUT2D eigenvalue weighted by molar-refractivity contribution is 5.95. The van der Waals surface area contributed by atoms with Crippen LogP contribution in [0.15, 0.2) is 29.5 Å². The number of carbonyl (C=O) groups is 2. The molecule has 0 aromatic heterocycles. The van der Waals surface area contributed by atoms with E-state index in [-0.39, 0.29) is 29.6 Å². The summed E-state index contributed by atoms with van der Waals surface area (Å²) in [5.74, 6) is -3.75. The summed E-state index contributed by atoms with van der Waals surface area (Å²) in [6.45, 7) is 1.59. The number of rotatable bonds is 3. The second kappa shape index (κ2) is 8.63. The summed E-state index contributed by atoms with van der Waals surface area (Å²) in [5, 5.41) is 2.63. The lowest BCUT2D eigenvalue weighted by molar-refractivity contribution is -0.145. The van der Waals surface area contributed by atoms with Crippen molar-refractivity contribution in [3.8, 4) is 0 Å². The second-order valence-electron chi connectivity index (χ2n) is 7.36. The third-order valence-electron chi connectivity index (χ3n) is 5.37. The molecule has 0 bridgehead atoms. The van der Waals surface area contributed by atoms with Crippen molar-refractivity contribution in [1.29, 1.82) is 0 Å². The molecule has 1 aliphatic carbocycles. The van der Waals surface area contributed by atoms with Crippen LogP contribution in [0.4, 0.5) is 8.78 Å². The van der Waals surface area contributed by atoms with Gasteiger partial charge in [0.15, 0.2) is 11.6 Å². The molecule has 146 valence electrons. The standard InChI is InChI=1S/C21H25F2NO3/c1-13-19(21(26)27-14-8-5-3-2-4-6-9-14)16(12-18(25)24-13)15-10-7-11-17(22)20(15)23/h7,10-11,14,16H,2-6,8-9,12H2,1H3,(H,24,25). The molecule has 1 saturated carbocycles. The Bertz CT molecular complexity index is 752. The molecule has 1 N–H and O–H groups in total. The number of nitrogens with one attached hydrogen (secondary N) is 1. The molecule has 27 heavy (non-hydrogen) atoms. The van der Waals surface area contributed by atoms with Crippen LogP contribution in [0.5, 0.6) is 0 Å². The zero-order valence-electron chi connectivity index (χ0n) is 15.5. The lowest BCUT2D eigenvalue weighted by Gasteiger charge is -2.28. The van der Waals surface area contributed by atoms with Crippen molar-refractivity contribution >= 4 is 11.9 Å². The van der Waals surface area contributed by atoms with Crippen LogP contribution in [-0.4, -0.2) is 18.0 Å². The van der Waals surface area contributed by atoms with Crippen molar-refractivity contribution in [2.45, 2.75) is 70.3 Å². The van der Waals surface area contributed by atoms with Gasteiger partial charge >= 0.3 is 5.97 Å². The third kappa shape index (κ3) is 4.54. The van der Waals surface area contributed by atoms with E-state index in [1.807, 2.05) is 0 Å². The summed E-state index contributed by atoms with van der Waals surface area (Å²) < 4.78 is 33.8. The molecule has 0 radical (unpaired) electrons. The van der Waals surface area contributed by atoms with Crippen LogP contribution in [0.3, 0.4) is 0 Å². The molecule has 1 aromatic carbocycles. The highest BCUT2D eigenvalue weighted by Crippen LogP contribution is 2.36. The zero-order valence-corrected chi connectivity index (χ0v) is 15.5. The Kier molecular flexibility index (Phi) is 6.24. The third-order valence-corrected chi connectivity index (χ3v) is 5.37. The summed E-state index contributed by atoms with van der Waals surface area (Å²) in [7, 11) is 0. The van der Waals surface area contributed by atoms with Crippen LogP contribution in [0, 0.1) is 11.6 Å². The van der Waals surface area contributed by atoms with Crippen LogP contribution < -0.4 is 5.32 Å². The summed E-state index contributed by atoms with van der Waals surface area (Å²) in [5.41, 5.74) is 0.561. The van der Waals surface area contributed by atoms with Crippen LogP contribution in [0.25, 0.3) is 0 Å². The number of hydrogen-bond donors (Lipinski definition) is 1. The molecule has 1 aliphatic heterocycles. The molecule has 1 unspecified atom stereocenters. The summed E-state index contributed by atoms with van der Waals surface area (Å²) in [6.07, 6.45) is 6.81. The average Bonchev–Trinajstić information content (AvgIpc) is 2.58. The van der Waals surface area contributed by atoms with Crippen molar-refractivity contribution < 1.29 is 23.1 Å². The fourth-order valence-electron chi connectivity index (χ4n) is 3.98. The highest BCUT2D eigenvalue weighted by Gasteiger charge is 2.35. The Morgan fingerprint density at radius 3 is 2.48 bits per heavy atom. The van der Waals surface area contributed by atoms with E-state index in [1.54, 1.807) is 6.92 Å². The van der Waals surface area contributed by atoms with Crippen LogP contribution in [0.2, 0.25) is 0 Å². The fourth-order valence-corrected chi connectivity index (χ4v) is 3.98. The first kappa shape index (κ1) is 19.5. The van der Waals surface area contributed by atoms with E-state index in [9.17, 15) is 18.4 Å². The molecule has 0 saturated heterocycles. The largest absolute Gasteiger partial charge is 0.459 e. The monoisotopic (exact) mass is 377 g/mol. The number of hydrogen-bond acceptors (Lipinski definition) is 3. The molecule has 1 fully saturated rings. The SMILES string of the molecule is CC1=C(C(=O)OC2CCCCCCC2)C(c2cccc(F)c2F)CC(=O)N1. The number of allylic oxidation sites excluding steroid dienone is 1. The fraction of sp³-hybridized carbons (Fsp3) is 0.524. The van der Waals surface area contributed by atoms with Gasteiger partial charge in [-0.05, 0) is 44.2 Å². The Balaban J connectivity index is 1.87. The number of amides is 1. The lowest BCUT2D eigenvalue weighted by Crippen LogP contribution is -2.35. The predicted molar refractivity (Wildman–Crippen MR) is 96.8 cm³/mol. The van der Waals surface area contributed by atoms with Gasteiger partial charge in [-0.3, -0.25) is 4.79 Å². The molecule has 3 rings (SSSR count). The van der Waals surface area contributed by atoms with E-state index in [2.05, 4.69) is 5.32 Å². The molecular weight excluding hydrogens is 352 g/mol. The van der Waals surface area contributed by atoms with E-state index in [4.69, 9.17) is 4.74 Å². The van der Waals surface area contributed by atoms with Crippen molar-refractivity contribution in [3.63, 3.8) is 0 Å². The van der Waals surface area contributed by atoms with Gasteiger partial charge in [-0.1, -0.05) is 31.4 Å². The number of ether oxygens (including phenoxy) is 1. The van der Waals surface area contributed by atoms with Gasteiger partial charge in [0.2, 0.25) is 5.91 Å². The Morgan fingerprint density at radius 1 is 1.11 bits per heavy atom. The molecule has 1 amide bonds. The maximum atomic E-state index is 14.4. The number of esters is 1. The van der Waals surface area contributed by atoms with Gasteiger partial charge in [0.1, 0.15) is 6.10 Å². The van der Waals surface area contributed by atoms with Gasteiger partial charge in [0.25, 0.3) is 0 Å². The van der Waals surface area contributed by atoms with E-state index < -0.39 is 23.5 Å². The van der Waals surface area contributed by atoms with E-state index in [0.717, 1.165) is 44.6 Å². The van der Waals surface area contributed by atoms with Gasteiger partial charge in [0.05, 0.1) is 5.57 Å². The van der Waals surface area contributed by atoms with Crippen molar-refractivity contribution in [1.82, 2.24) is 5.32 Å². The quantitative estimate of drug-likeness (QED) is 0.789. The summed E-state index contributed by atoms with van der Waals surface area (Å²) in [4.78, 5) is 24.9. The molecule has 0 spiro atoms. The summed E-state index contributed by atoms with van der Waals surface area (Å²) in [6, 6.07) is 3.82. The number of benzene rings is 1. The molecule has 1 aromatic rings. The zero-order chi connectivity index (χ0) is 19.4. The van der Waals surface area contributed by atoms with Gasteiger partial charge in [-0.2, -0.15) is 0 Å². The Hall–Kier alpha value is -2.24.